The van der Waals surface area contributed by atoms with Crippen LogP contribution in [0.2, 0.25) is 0 Å². The van der Waals surface area contributed by atoms with Crippen molar-refractivity contribution in [2.45, 2.75) is 32.4 Å². The first-order chi connectivity index (χ1) is 8.09. The van der Waals surface area contributed by atoms with Gasteiger partial charge in [0.15, 0.2) is 11.5 Å². The van der Waals surface area contributed by atoms with E-state index in [0.29, 0.717) is 5.82 Å². The average molecular weight is 260 g/mol. The van der Waals surface area contributed by atoms with Gasteiger partial charge in [0.25, 0.3) is 0 Å². The number of halogens is 3. The SMILES string of the molecule is CC(C)(C)c1nc2cc(C(F)(F)F)[nH]c(=O)n2n1. The van der Waals surface area contributed by atoms with Crippen LogP contribution < -0.4 is 5.69 Å². The molecular weight excluding hydrogens is 249 g/mol. The second-order valence-electron chi connectivity index (χ2n) is 4.94. The van der Waals surface area contributed by atoms with Gasteiger partial charge in [-0.05, 0) is 0 Å². The van der Waals surface area contributed by atoms with Crippen LogP contribution in [-0.2, 0) is 11.6 Å². The van der Waals surface area contributed by atoms with Gasteiger partial charge in [0.2, 0.25) is 0 Å². The van der Waals surface area contributed by atoms with E-state index in [0.717, 1.165) is 10.6 Å². The number of fused-ring (bicyclic) bond motifs is 1. The summed E-state index contributed by atoms with van der Waals surface area (Å²) in [6.07, 6.45) is -4.62. The van der Waals surface area contributed by atoms with Crippen molar-refractivity contribution in [3.05, 3.63) is 28.1 Å². The van der Waals surface area contributed by atoms with Gasteiger partial charge in [-0.2, -0.15) is 17.7 Å². The minimum Gasteiger partial charge on any atom is -0.301 e. The van der Waals surface area contributed by atoms with Gasteiger partial charge < -0.3 is 4.98 Å². The molecule has 1 N–H and O–H groups in total. The minimum absolute atomic E-state index is 0.115. The quantitative estimate of drug-likeness (QED) is 0.784. The highest BCUT2D eigenvalue weighted by Crippen LogP contribution is 2.27. The van der Waals surface area contributed by atoms with E-state index < -0.39 is 23.0 Å². The zero-order valence-electron chi connectivity index (χ0n) is 9.96. The van der Waals surface area contributed by atoms with Crippen LogP contribution in [0.5, 0.6) is 0 Å². The molecule has 0 aromatic carbocycles. The van der Waals surface area contributed by atoms with Crippen molar-refractivity contribution in [3.63, 3.8) is 0 Å². The molecule has 5 nitrogen and oxygen atoms in total. The molecule has 98 valence electrons. The number of hydrogen-bond donors (Lipinski definition) is 1. The van der Waals surface area contributed by atoms with E-state index in [1.807, 2.05) is 0 Å². The maximum Gasteiger partial charge on any atom is 0.431 e. The number of hydrogen-bond acceptors (Lipinski definition) is 3. The van der Waals surface area contributed by atoms with Gasteiger partial charge in [0.05, 0.1) is 0 Å². The van der Waals surface area contributed by atoms with Crippen molar-refractivity contribution >= 4 is 5.65 Å². The Morgan fingerprint density at radius 1 is 1.28 bits per heavy atom. The summed E-state index contributed by atoms with van der Waals surface area (Å²) in [6.45, 7) is 5.42. The fourth-order valence-corrected chi connectivity index (χ4v) is 1.37. The van der Waals surface area contributed by atoms with Crippen LogP contribution in [0.4, 0.5) is 13.2 Å². The maximum absolute atomic E-state index is 12.5. The zero-order valence-corrected chi connectivity index (χ0v) is 9.96. The Morgan fingerprint density at radius 3 is 2.39 bits per heavy atom. The van der Waals surface area contributed by atoms with E-state index in [9.17, 15) is 18.0 Å². The molecule has 0 saturated heterocycles. The van der Waals surface area contributed by atoms with Crippen molar-refractivity contribution in [1.29, 1.82) is 0 Å². The van der Waals surface area contributed by atoms with E-state index in [4.69, 9.17) is 0 Å². The maximum atomic E-state index is 12.5. The van der Waals surface area contributed by atoms with Crippen LogP contribution in [0, 0.1) is 0 Å². The molecule has 0 fully saturated rings. The normalized spacial score (nSPS) is 13.2. The van der Waals surface area contributed by atoms with E-state index in [1.54, 1.807) is 25.8 Å². The predicted molar refractivity (Wildman–Crippen MR) is 57.3 cm³/mol. The Labute approximate surface area is 99.7 Å². The monoisotopic (exact) mass is 260 g/mol. The number of nitrogens with one attached hydrogen (secondary N) is 1. The molecule has 2 rings (SSSR count). The molecule has 18 heavy (non-hydrogen) atoms. The van der Waals surface area contributed by atoms with Crippen LogP contribution in [0.3, 0.4) is 0 Å². The molecule has 0 spiro atoms. The van der Waals surface area contributed by atoms with E-state index in [2.05, 4.69) is 10.1 Å². The Kier molecular flexibility index (Phi) is 2.49. The first-order valence-electron chi connectivity index (χ1n) is 5.17. The molecule has 2 aromatic heterocycles. The largest absolute Gasteiger partial charge is 0.431 e. The molecule has 0 radical (unpaired) electrons. The van der Waals surface area contributed by atoms with Crippen LogP contribution in [0.25, 0.3) is 5.65 Å². The Morgan fingerprint density at radius 2 is 1.89 bits per heavy atom. The molecule has 2 heterocycles. The number of nitrogens with zero attached hydrogens (tertiary/aromatic N) is 3. The summed E-state index contributed by atoms with van der Waals surface area (Å²) < 4.78 is 38.4. The fraction of sp³-hybridized carbons (Fsp3) is 0.500. The van der Waals surface area contributed by atoms with Crippen molar-refractivity contribution < 1.29 is 13.2 Å². The molecule has 2 aromatic rings. The average Bonchev–Trinajstić information content (AvgIpc) is 2.59. The summed E-state index contributed by atoms with van der Waals surface area (Å²) in [6, 6.07) is 0.767. The fourth-order valence-electron chi connectivity index (χ4n) is 1.37. The highest BCUT2D eigenvalue weighted by atomic mass is 19.4. The number of rotatable bonds is 0. The third-order valence-corrected chi connectivity index (χ3v) is 2.32. The van der Waals surface area contributed by atoms with Crippen LogP contribution >= 0.6 is 0 Å². The molecule has 0 aliphatic heterocycles. The van der Waals surface area contributed by atoms with Gasteiger partial charge >= 0.3 is 11.9 Å². The molecule has 0 bridgehead atoms. The van der Waals surface area contributed by atoms with Crippen LogP contribution in [0.15, 0.2) is 10.9 Å². The van der Waals surface area contributed by atoms with Crippen molar-refractivity contribution in [3.8, 4) is 0 Å². The number of H-pyrrole nitrogens is 1. The molecule has 0 aliphatic carbocycles. The molecule has 0 amide bonds. The summed E-state index contributed by atoms with van der Waals surface area (Å²) in [7, 11) is 0. The second-order valence-corrected chi connectivity index (χ2v) is 4.94. The topological polar surface area (TPSA) is 63.0 Å². The molecule has 8 heteroatoms. The lowest BCUT2D eigenvalue weighted by molar-refractivity contribution is -0.141. The second kappa shape index (κ2) is 3.56. The van der Waals surface area contributed by atoms with E-state index >= 15 is 0 Å². The van der Waals surface area contributed by atoms with Gasteiger partial charge in [-0.25, -0.2) is 9.78 Å². The first-order valence-corrected chi connectivity index (χ1v) is 5.17. The lowest BCUT2D eigenvalue weighted by atomic mass is 9.96. The van der Waals surface area contributed by atoms with Gasteiger partial charge in [0.1, 0.15) is 5.69 Å². The van der Waals surface area contributed by atoms with Gasteiger partial charge in [-0.15, -0.1) is 5.10 Å². The Bertz CT molecular complexity index is 648. The number of alkyl halides is 3. The van der Waals surface area contributed by atoms with Crippen LogP contribution in [0.1, 0.15) is 32.3 Å². The predicted octanol–water partition coefficient (Wildman–Crippen LogP) is 1.73. The van der Waals surface area contributed by atoms with E-state index in [-0.39, 0.29) is 5.65 Å². The summed E-state index contributed by atoms with van der Waals surface area (Å²) in [5.74, 6) is 0.312. The molecule has 0 unspecified atom stereocenters. The third kappa shape index (κ3) is 2.09. The molecular formula is C10H11F3N4O. The van der Waals surface area contributed by atoms with Crippen molar-refractivity contribution in [2.75, 3.05) is 0 Å². The number of aromatic nitrogens is 4. The van der Waals surface area contributed by atoms with Gasteiger partial charge in [-0.1, -0.05) is 20.8 Å². The van der Waals surface area contributed by atoms with Crippen LogP contribution in [-0.4, -0.2) is 19.6 Å². The smallest absolute Gasteiger partial charge is 0.301 e. The minimum atomic E-state index is -4.62. The van der Waals surface area contributed by atoms with Gasteiger partial charge in [0, 0.05) is 11.5 Å². The number of aromatic amines is 1. The highest BCUT2D eigenvalue weighted by Gasteiger charge is 2.33. The highest BCUT2D eigenvalue weighted by molar-refractivity contribution is 5.39. The Balaban J connectivity index is 2.71. The van der Waals surface area contributed by atoms with Gasteiger partial charge in [-0.3, -0.25) is 0 Å². The standard InChI is InChI=1S/C10H11F3N4O/c1-9(2,3)7-15-6-4-5(10(11,12)13)14-8(18)17(6)16-7/h4H,1-3H3,(H,14,18). The first kappa shape index (κ1) is 12.6. The summed E-state index contributed by atoms with van der Waals surface area (Å²) in [4.78, 5) is 17.2. The molecule has 0 saturated carbocycles. The molecule has 0 aliphatic rings. The molecule has 0 atom stereocenters. The third-order valence-electron chi connectivity index (χ3n) is 2.32. The van der Waals surface area contributed by atoms with E-state index in [1.165, 1.54) is 0 Å². The lowest BCUT2D eigenvalue weighted by Gasteiger charge is -2.11. The summed E-state index contributed by atoms with van der Waals surface area (Å²) >= 11 is 0. The zero-order chi connectivity index (χ0) is 13.7. The lowest BCUT2D eigenvalue weighted by Crippen LogP contribution is -2.23. The summed E-state index contributed by atoms with van der Waals surface area (Å²) in [5.41, 5.74) is -2.65. The summed E-state index contributed by atoms with van der Waals surface area (Å²) in [5, 5.41) is 3.90. The Hall–Kier alpha value is -1.86. The van der Waals surface area contributed by atoms with Crippen molar-refractivity contribution in [2.24, 2.45) is 0 Å². The van der Waals surface area contributed by atoms with Crippen molar-refractivity contribution in [1.82, 2.24) is 19.6 Å².